The number of hydrogen-bond donors (Lipinski definition) is 1. The molecule has 1 aromatic carbocycles. The van der Waals surface area contributed by atoms with Crippen molar-refractivity contribution in [1.82, 2.24) is 10.2 Å². The number of carbonyl (C=O) groups excluding carboxylic acids is 2. The number of benzene rings is 1. The molecule has 0 radical (unpaired) electrons. The lowest BCUT2D eigenvalue weighted by molar-refractivity contribution is -0.139. The summed E-state index contributed by atoms with van der Waals surface area (Å²) in [7, 11) is 3.90. The van der Waals surface area contributed by atoms with Gasteiger partial charge < -0.3 is 15.1 Å². The Morgan fingerprint density at radius 2 is 1.96 bits per heavy atom. The summed E-state index contributed by atoms with van der Waals surface area (Å²) < 4.78 is 0. The van der Waals surface area contributed by atoms with Gasteiger partial charge in [0.25, 0.3) is 0 Å². The largest absolute Gasteiger partial charge is 0.354 e. The van der Waals surface area contributed by atoms with Gasteiger partial charge in [0.1, 0.15) is 5.41 Å². The standard InChI is InChI=1S/C18H27N3O2/c1-13-12-14-8-6-7-9-15(14)21(13)17(23)18(2,3)16(22)19-10-11-20(4)5/h6-9,13H,10-12H2,1-5H3,(H,19,22). The molecule has 1 aromatic rings. The molecule has 1 aliphatic rings. The highest BCUT2D eigenvalue weighted by Crippen LogP contribution is 2.35. The number of likely N-dealkylation sites (N-methyl/N-ethyl adjacent to an activating group) is 1. The fraction of sp³-hybridized carbons (Fsp3) is 0.556. The fourth-order valence-corrected chi connectivity index (χ4v) is 2.89. The van der Waals surface area contributed by atoms with Gasteiger partial charge in [-0.2, -0.15) is 0 Å². The summed E-state index contributed by atoms with van der Waals surface area (Å²) in [6.45, 7) is 6.72. The van der Waals surface area contributed by atoms with Crippen molar-refractivity contribution in [2.24, 2.45) is 5.41 Å². The molecule has 1 unspecified atom stereocenters. The number of hydrogen-bond acceptors (Lipinski definition) is 3. The van der Waals surface area contributed by atoms with Crippen molar-refractivity contribution in [1.29, 1.82) is 0 Å². The number of carbonyl (C=O) groups is 2. The zero-order valence-corrected chi connectivity index (χ0v) is 14.7. The molecule has 23 heavy (non-hydrogen) atoms. The van der Waals surface area contributed by atoms with Crippen LogP contribution in [0.3, 0.4) is 0 Å². The van der Waals surface area contributed by atoms with Crippen molar-refractivity contribution in [3.05, 3.63) is 29.8 Å². The summed E-state index contributed by atoms with van der Waals surface area (Å²) in [5.74, 6) is -0.363. The Morgan fingerprint density at radius 3 is 2.61 bits per heavy atom. The summed E-state index contributed by atoms with van der Waals surface area (Å²) >= 11 is 0. The molecular weight excluding hydrogens is 290 g/mol. The third kappa shape index (κ3) is 3.55. The fourth-order valence-electron chi connectivity index (χ4n) is 2.89. The van der Waals surface area contributed by atoms with E-state index in [0.717, 1.165) is 24.2 Å². The minimum Gasteiger partial charge on any atom is -0.354 e. The first-order chi connectivity index (χ1) is 10.7. The van der Waals surface area contributed by atoms with Crippen molar-refractivity contribution >= 4 is 17.5 Å². The van der Waals surface area contributed by atoms with E-state index in [9.17, 15) is 9.59 Å². The number of fused-ring (bicyclic) bond motifs is 1. The number of nitrogens with zero attached hydrogens (tertiary/aromatic N) is 2. The van der Waals surface area contributed by atoms with Gasteiger partial charge >= 0.3 is 0 Å². The highest BCUT2D eigenvalue weighted by atomic mass is 16.2. The van der Waals surface area contributed by atoms with Gasteiger partial charge in [0, 0.05) is 24.8 Å². The Hall–Kier alpha value is -1.88. The maximum absolute atomic E-state index is 13.0. The summed E-state index contributed by atoms with van der Waals surface area (Å²) in [4.78, 5) is 29.3. The first kappa shape index (κ1) is 17.5. The molecule has 0 saturated heterocycles. The van der Waals surface area contributed by atoms with Gasteiger partial charge in [-0.25, -0.2) is 0 Å². The lowest BCUT2D eigenvalue weighted by Gasteiger charge is -2.31. The van der Waals surface area contributed by atoms with Gasteiger partial charge in [-0.3, -0.25) is 9.59 Å². The predicted molar refractivity (Wildman–Crippen MR) is 92.4 cm³/mol. The van der Waals surface area contributed by atoms with Gasteiger partial charge in [-0.05, 0) is 52.9 Å². The van der Waals surface area contributed by atoms with E-state index in [2.05, 4.69) is 5.32 Å². The summed E-state index contributed by atoms with van der Waals surface area (Å²) in [5, 5.41) is 2.87. The topological polar surface area (TPSA) is 52.7 Å². The van der Waals surface area contributed by atoms with Crippen LogP contribution in [0.5, 0.6) is 0 Å². The molecule has 2 amide bonds. The van der Waals surface area contributed by atoms with E-state index in [-0.39, 0.29) is 17.9 Å². The van der Waals surface area contributed by atoms with Gasteiger partial charge in [-0.1, -0.05) is 18.2 Å². The molecule has 0 spiro atoms. The molecule has 0 saturated carbocycles. The predicted octanol–water partition coefficient (Wildman–Crippen LogP) is 1.67. The van der Waals surface area contributed by atoms with Crippen LogP contribution in [-0.2, 0) is 16.0 Å². The third-order valence-corrected chi connectivity index (χ3v) is 4.37. The molecule has 0 bridgehead atoms. The number of anilines is 1. The number of para-hydroxylation sites is 1. The molecule has 5 heteroatoms. The quantitative estimate of drug-likeness (QED) is 0.841. The van der Waals surface area contributed by atoms with E-state index in [1.54, 1.807) is 18.7 Å². The molecule has 5 nitrogen and oxygen atoms in total. The van der Waals surface area contributed by atoms with Crippen LogP contribution in [0.15, 0.2) is 24.3 Å². The Labute approximate surface area is 138 Å². The average molecular weight is 317 g/mol. The molecule has 0 aromatic heterocycles. The third-order valence-electron chi connectivity index (χ3n) is 4.37. The molecule has 1 heterocycles. The lowest BCUT2D eigenvalue weighted by Crippen LogP contribution is -2.52. The van der Waals surface area contributed by atoms with E-state index in [1.807, 2.05) is 50.2 Å². The first-order valence-electron chi connectivity index (χ1n) is 8.09. The maximum atomic E-state index is 13.0. The van der Waals surface area contributed by atoms with Crippen molar-refractivity contribution in [3.8, 4) is 0 Å². The smallest absolute Gasteiger partial charge is 0.242 e. The minimum absolute atomic E-state index is 0.0775. The molecule has 1 N–H and O–H groups in total. The second-order valence-corrected chi connectivity index (χ2v) is 7.04. The van der Waals surface area contributed by atoms with Crippen molar-refractivity contribution in [2.45, 2.75) is 33.2 Å². The number of nitrogens with one attached hydrogen (secondary N) is 1. The highest BCUT2D eigenvalue weighted by molar-refractivity contribution is 6.12. The molecule has 1 atom stereocenters. The van der Waals surface area contributed by atoms with Crippen LogP contribution in [0.4, 0.5) is 5.69 Å². The molecule has 0 aliphatic carbocycles. The van der Waals surface area contributed by atoms with Crippen LogP contribution in [-0.4, -0.2) is 49.9 Å². The second kappa shape index (κ2) is 6.71. The van der Waals surface area contributed by atoms with E-state index in [0.29, 0.717) is 6.54 Å². The number of amides is 2. The van der Waals surface area contributed by atoms with Crippen LogP contribution in [0, 0.1) is 5.41 Å². The van der Waals surface area contributed by atoms with E-state index < -0.39 is 5.41 Å². The zero-order chi connectivity index (χ0) is 17.2. The Bertz CT molecular complexity index is 596. The van der Waals surface area contributed by atoms with Crippen molar-refractivity contribution < 1.29 is 9.59 Å². The molecule has 2 rings (SSSR count). The Morgan fingerprint density at radius 1 is 1.30 bits per heavy atom. The Kier molecular flexibility index (Phi) is 5.09. The normalized spacial score (nSPS) is 17.3. The van der Waals surface area contributed by atoms with Crippen molar-refractivity contribution in [3.63, 3.8) is 0 Å². The van der Waals surface area contributed by atoms with Crippen LogP contribution >= 0.6 is 0 Å². The van der Waals surface area contributed by atoms with E-state index in [4.69, 9.17) is 0 Å². The van der Waals surface area contributed by atoms with Crippen LogP contribution in [0.1, 0.15) is 26.3 Å². The molecule has 126 valence electrons. The highest BCUT2D eigenvalue weighted by Gasteiger charge is 2.43. The molecule has 0 fully saturated rings. The van der Waals surface area contributed by atoms with Crippen LogP contribution < -0.4 is 10.2 Å². The van der Waals surface area contributed by atoms with Crippen LogP contribution in [0.2, 0.25) is 0 Å². The van der Waals surface area contributed by atoms with E-state index in [1.165, 1.54) is 0 Å². The molecule has 1 aliphatic heterocycles. The second-order valence-electron chi connectivity index (χ2n) is 7.04. The first-order valence-corrected chi connectivity index (χ1v) is 8.09. The Balaban J connectivity index is 2.13. The van der Waals surface area contributed by atoms with Crippen molar-refractivity contribution in [2.75, 3.05) is 32.1 Å². The zero-order valence-electron chi connectivity index (χ0n) is 14.7. The minimum atomic E-state index is -1.09. The van der Waals surface area contributed by atoms with E-state index >= 15 is 0 Å². The SMILES string of the molecule is CC1Cc2ccccc2N1C(=O)C(C)(C)C(=O)NCCN(C)C. The monoisotopic (exact) mass is 317 g/mol. The maximum Gasteiger partial charge on any atom is 0.242 e. The summed E-state index contributed by atoms with van der Waals surface area (Å²) in [6, 6.07) is 7.99. The molecular formula is C18H27N3O2. The summed E-state index contributed by atoms with van der Waals surface area (Å²) in [6.07, 6.45) is 0.834. The summed E-state index contributed by atoms with van der Waals surface area (Å²) in [5.41, 5.74) is 1.01. The van der Waals surface area contributed by atoms with Crippen LogP contribution in [0.25, 0.3) is 0 Å². The van der Waals surface area contributed by atoms with Gasteiger partial charge in [0.05, 0.1) is 0 Å². The average Bonchev–Trinajstić information content (AvgIpc) is 2.81. The van der Waals surface area contributed by atoms with Gasteiger partial charge in [-0.15, -0.1) is 0 Å². The lowest BCUT2D eigenvalue weighted by atomic mass is 9.89. The van der Waals surface area contributed by atoms with Gasteiger partial charge in [0.15, 0.2) is 0 Å². The number of rotatable bonds is 5. The van der Waals surface area contributed by atoms with Gasteiger partial charge in [0.2, 0.25) is 11.8 Å².